The number of rotatable bonds is 6. The van der Waals surface area contributed by atoms with Gasteiger partial charge in [0, 0.05) is 18.2 Å². The van der Waals surface area contributed by atoms with E-state index in [1.165, 1.54) is 29.3 Å². The molecule has 1 unspecified atom stereocenters. The molecule has 0 saturated carbocycles. The molecule has 1 N–H and O–H groups in total. The van der Waals surface area contributed by atoms with Gasteiger partial charge >= 0.3 is 0 Å². The van der Waals surface area contributed by atoms with Crippen LogP contribution in [0.2, 0.25) is 0 Å². The monoisotopic (exact) mass is 289 g/mol. The molecule has 0 fully saturated rings. The summed E-state index contributed by atoms with van der Waals surface area (Å²) in [4.78, 5) is 0. The zero-order chi connectivity index (χ0) is 15.2. The van der Waals surface area contributed by atoms with Crippen molar-refractivity contribution >= 4 is 0 Å². The van der Waals surface area contributed by atoms with Crippen LogP contribution in [0.25, 0.3) is 0 Å². The number of benzene rings is 2. The molecule has 112 valence electrons. The van der Waals surface area contributed by atoms with Gasteiger partial charge in [-0.3, -0.25) is 0 Å². The van der Waals surface area contributed by atoms with Crippen molar-refractivity contribution in [1.29, 1.82) is 0 Å². The zero-order valence-corrected chi connectivity index (χ0v) is 12.5. The van der Waals surface area contributed by atoms with E-state index in [-0.39, 0.29) is 11.6 Å². The van der Waals surface area contributed by atoms with Gasteiger partial charge in [-0.15, -0.1) is 0 Å². The summed E-state index contributed by atoms with van der Waals surface area (Å²) < 4.78 is 27.2. The molecule has 0 amide bonds. The van der Waals surface area contributed by atoms with Crippen LogP contribution < -0.4 is 5.32 Å². The first kappa shape index (κ1) is 15.6. The normalized spacial score (nSPS) is 12.4. The molecule has 0 aliphatic heterocycles. The van der Waals surface area contributed by atoms with Crippen molar-refractivity contribution in [2.45, 2.75) is 39.3 Å². The highest BCUT2D eigenvalue weighted by Crippen LogP contribution is 2.14. The Kier molecular flexibility index (Phi) is 5.45. The van der Waals surface area contributed by atoms with E-state index in [4.69, 9.17) is 0 Å². The SMILES string of the molecule is CCc1ccc(CNC(C)Cc2c(F)cccc2F)cc1. The predicted octanol–water partition coefficient (Wildman–Crippen LogP) is 4.25. The fourth-order valence-corrected chi connectivity index (χ4v) is 2.29. The Morgan fingerprint density at radius 3 is 2.10 bits per heavy atom. The lowest BCUT2D eigenvalue weighted by Gasteiger charge is -2.15. The maximum absolute atomic E-state index is 13.6. The zero-order valence-electron chi connectivity index (χ0n) is 12.5. The second-order valence-electron chi connectivity index (χ2n) is 5.36. The van der Waals surface area contributed by atoms with Crippen LogP contribution in [0.4, 0.5) is 8.78 Å². The fraction of sp³-hybridized carbons (Fsp3) is 0.333. The molecule has 0 aliphatic rings. The van der Waals surface area contributed by atoms with E-state index in [1.54, 1.807) is 0 Å². The number of hydrogen-bond donors (Lipinski definition) is 1. The van der Waals surface area contributed by atoms with E-state index in [0.717, 1.165) is 6.42 Å². The van der Waals surface area contributed by atoms with E-state index >= 15 is 0 Å². The second-order valence-corrected chi connectivity index (χ2v) is 5.36. The summed E-state index contributed by atoms with van der Waals surface area (Å²) in [6.45, 7) is 4.76. The van der Waals surface area contributed by atoms with Gasteiger partial charge in [-0.1, -0.05) is 37.3 Å². The van der Waals surface area contributed by atoms with Crippen molar-refractivity contribution in [3.63, 3.8) is 0 Å². The van der Waals surface area contributed by atoms with Crippen molar-refractivity contribution in [3.8, 4) is 0 Å². The third-order valence-corrected chi connectivity index (χ3v) is 3.66. The van der Waals surface area contributed by atoms with Crippen LogP contribution >= 0.6 is 0 Å². The van der Waals surface area contributed by atoms with Crippen LogP contribution in [-0.2, 0) is 19.4 Å². The fourth-order valence-electron chi connectivity index (χ4n) is 2.29. The molecule has 21 heavy (non-hydrogen) atoms. The van der Waals surface area contributed by atoms with Gasteiger partial charge in [-0.25, -0.2) is 8.78 Å². The summed E-state index contributed by atoms with van der Waals surface area (Å²) in [5.41, 5.74) is 2.63. The molecule has 2 rings (SSSR count). The van der Waals surface area contributed by atoms with E-state index in [1.807, 2.05) is 6.92 Å². The molecule has 0 spiro atoms. The number of halogens is 2. The van der Waals surface area contributed by atoms with Crippen LogP contribution in [0.5, 0.6) is 0 Å². The standard InChI is InChI=1S/C18H21F2N/c1-3-14-7-9-15(10-8-14)12-21-13(2)11-16-17(19)5-4-6-18(16)20/h4-10,13,21H,3,11-12H2,1-2H3. The van der Waals surface area contributed by atoms with Crippen molar-refractivity contribution in [2.75, 3.05) is 0 Å². The summed E-state index contributed by atoms with van der Waals surface area (Å²) in [6, 6.07) is 12.4. The van der Waals surface area contributed by atoms with Gasteiger partial charge in [0.25, 0.3) is 0 Å². The maximum Gasteiger partial charge on any atom is 0.129 e. The lowest BCUT2D eigenvalue weighted by atomic mass is 10.1. The topological polar surface area (TPSA) is 12.0 Å². The van der Waals surface area contributed by atoms with Crippen molar-refractivity contribution < 1.29 is 8.78 Å². The van der Waals surface area contributed by atoms with E-state index in [9.17, 15) is 8.78 Å². The molecule has 0 aromatic heterocycles. The molecule has 1 nitrogen and oxygen atoms in total. The molecule has 0 radical (unpaired) electrons. The molecule has 3 heteroatoms. The van der Waals surface area contributed by atoms with E-state index < -0.39 is 11.6 Å². The van der Waals surface area contributed by atoms with Crippen molar-refractivity contribution in [2.24, 2.45) is 0 Å². The second kappa shape index (κ2) is 7.32. The molecule has 2 aromatic rings. The Hall–Kier alpha value is -1.74. The van der Waals surface area contributed by atoms with Crippen LogP contribution in [0.3, 0.4) is 0 Å². The Bertz CT molecular complexity index is 558. The number of nitrogens with one attached hydrogen (secondary N) is 1. The van der Waals surface area contributed by atoms with Gasteiger partial charge in [0.2, 0.25) is 0 Å². The van der Waals surface area contributed by atoms with Crippen LogP contribution in [-0.4, -0.2) is 6.04 Å². The van der Waals surface area contributed by atoms with E-state index in [2.05, 4.69) is 36.5 Å². The molecular formula is C18H21F2N. The number of aryl methyl sites for hydroxylation is 1. The Balaban J connectivity index is 1.91. The summed E-state index contributed by atoms with van der Waals surface area (Å²) in [5.74, 6) is -0.952. The molecule has 1 atom stereocenters. The molecule has 0 heterocycles. The summed E-state index contributed by atoms with van der Waals surface area (Å²) >= 11 is 0. The Labute approximate surface area is 125 Å². The Morgan fingerprint density at radius 2 is 1.52 bits per heavy atom. The highest BCUT2D eigenvalue weighted by molar-refractivity contribution is 5.23. The molecule has 2 aromatic carbocycles. The van der Waals surface area contributed by atoms with Gasteiger partial charge in [-0.05, 0) is 43.0 Å². The van der Waals surface area contributed by atoms with Crippen LogP contribution in [0, 0.1) is 11.6 Å². The highest BCUT2D eigenvalue weighted by atomic mass is 19.1. The summed E-state index contributed by atoms with van der Waals surface area (Å²) in [6.07, 6.45) is 1.36. The number of hydrogen-bond acceptors (Lipinski definition) is 1. The van der Waals surface area contributed by atoms with Gasteiger partial charge in [-0.2, -0.15) is 0 Å². The van der Waals surface area contributed by atoms with Crippen molar-refractivity contribution in [3.05, 3.63) is 70.8 Å². The lowest BCUT2D eigenvalue weighted by Crippen LogP contribution is -2.28. The van der Waals surface area contributed by atoms with Crippen LogP contribution in [0.15, 0.2) is 42.5 Å². The van der Waals surface area contributed by atoms with Gasteiger partial charge in [0.1, 0.15) is 11.6 Å². The quantitative estimate of drug-likeness (QED) is 0.838. The summed E-state index contributed by atoms with van der Waals surface area (Å²) in [5, 5.41) is 3.31. The molecule has 0 aliphatic carbocycles. The third-order valence-electron chi connectivity index (χ3n) is 3.66. The van der Waals surface area contributed by atoms with E-state index in [0.29, 0.717) is 13.0 Å². The molecule has 0 bridgehead atoms. The average molecular weight is 289 g/mol. The highest BCUT2D eigenvalue weighted by Gasteiger charge is 2.12. The first-order valence-electron chi connectivity index (χ1n) is 7.34. The molecular weight excluding hydrogens is 268 g/mol. The Morgan fingerprint density at radius 1 is 0.952 bits per heavy atom. The van der Waals surface area contributed by atoms with Gasteiger partial charge < -0.3 is 5.32 Å². The predicted molar refractivity (Wildman–Crippen MR) is 82.2 cm³/mol. The minimum Gasteiger partial charge on any atom is -0.310 e. The van der Waals surface area contributed by atoms with Crippen molar-refractivity contribution in [1.82, 2.24) is 5.32 Å². The smallest absolute Gasteiger partial charge is 0.129 e. The average Bonchev–Trinajstić information content (AvgIpc) is 2.49. The third kappa shape index (κ3) is 4.36. The minimum absolute atomic E-state index is 0.00208. The largest absolute Gasteiger partial charge is 0.310 e. The molecule has 0 saturated heterocycles. The minimum atomic E-state index is -0.476. The first-order valence-corrected chi connectivity index (χ1v) is 7.34. The van der Waals surface area contributed by atoms with Gasteiger partial charge in [0.05, 0.1) is 0 Å². The van der Waals surface area contributed by atoms with Crippen LogP contribution in [0.1, 0.15) is 30.5 Å². The first-order chi connectivity index (χ1) is 10.1. The lowest BCUT2D eigenvalue weighted by molar-refractivity contribution is 0.499. The van der Waals surface area contributed by atoms with Gasteiger partial charge in [0.15, 0.2) is 0 Å². The summed E-state index contributed by atoms with van der Waals surface area (Å²) in [7, 11) is 0. The maximum atomic E-state index is 13.6.